The van der Waals surface area contributed by atoms with Gasteiger partial charge in [0.25, 0.3) is 0 Å². The number of carbonyl (C=O) groups excluding carboxylic acids is 1. The van der Waals surface area contributed by atoms with Crippen LogP contribution >= 0.6 is 0 Å². The maximum atomic E-state index is 11.4. The van der Waals surface area contributed by atoms with Crippen LogP contribution in [-0.4, -0.2) is 24.7 Å². The number of hydrogen-bond donors (Lipinski definition) is 1. The highest BCUT2D eigenvalue weighted by molar-refractivity contribution is 5.97. The average Bonchev–Trinajstić information content (AvgIpc) is 2.17. The number of rotatable bonds is 3. The first-order chi connectivity index (χ1) is 6.70. The molecule has 0 aromatic carbocycles. The average molecular weight is 196 g/mol. The van der Waals surface area contributed by atoms with Gasteiger partial charge in [-0.2, -0.15) is 0 Å². The summed E-state index contributed by atoms with van der Waals surface area (Å²) in [5.41, 5.74) is 5.71. The number of methoxy groups -OCH3 is 1. The summed E-state index contributed by atoms with van der Waals surface area (Å²) in [5, 5.41) is 0. The molecular weight excluding hydrogens is 184 g/mol. The normalized spacial score (nSPS) is 9.57. The van der Waals surface area contributed by atoms with Crippen molar-refractivity contribution in [1.29, 1.82) is 0 Å². The first-order valence-corrected chi connectivity index (χ1v) is 4.16. The fourth-order valence-electron chi connectivity index (χ4n) is 1.04. The molecule has 76 valence electrons. The molecule has 0 unspecified atom stereocenters. The Hall–Kier alpha value is -1.78. The van der Waals surface area contributed by atoms with Crippen LogP contribution in [0.15, 0.2) is 12.3 Å². The SMILES string of the molecule is CCOC(=O)c1c(OC)ccnc1N. The minimum Gasteiger partial charge on any atom is -0.496 e. The van der Waals surface area contributed by atoms with E-state index in [2.05, 4.69) is 4.98 Å². The van der Waals surface area contributed by atoms with Crippen molar-refractivity contribution in [2.24, 2.45) is 0 Å². The van der Waals surface area contributed by atoms with E-state index in [-0.39, 0.29) is 18.0 Å². The van der Waals surface area contributed by atoms with Crippen LogP contribution in [0.2, 0.25) is 0 Å². The number of carbonyl (C=O) groups is 1. The maximum absolute atomic E-state index is 11.4. The quantitative estimate of drug-likeness (QED) is 0.725. The summed E-state index contributed by atoms with van der Waals surface area (Å²) >= 11 is 0. The fraction of sp³-hybridized carbons (Fsp3) is 0.333. The van der Waals surface area contributed by atoms with Gasteiger partial charge in [-0.15, -0.1) is 0 Å². The molecule has 5 nitrogen and oxygen atoms in total. The second-order valence-electron chi connectivity index (χ2n) is 2.49. The highest BCUT2D eigenvalue weighted by atomic mass is 16.5. The van der Waals surface area contributed by atoms with E-state index < -0.39 is 5.97 Å². The third-order valence-corrected chi connectivity index (χ3v) is 1.64. The van der Waals surface area contributed by atoms with Crippen LogP contribution in [0.5, 0.6) is 5.75 Å². The molecule has 14 heavy (non-hydrogen) atoms. The zero-order valence-electron chi connectivity index (χ0n) is 8.11. The van der Waals surface area contributed by atoms with E-state index in [4.69, 9.17) is 15.2 Å². The first-order valence-electron chi connectivity index (χ1n) is 4.16. The number of hydrogen-bond acceptors (Lipinski definition) is 5. The van der Waals surface area contributed by atoms with E-state index in [1.165, 1.54) is 13.3 Å². The van der Waals surface area contributed by atoms with Crippen LogP contribution in [0.1, 0.15) is 17.3 Å². The third-order valence-electron chi connectivity index (χ3n) is 1.64. The molecule has 0 aliphatic rings. The van der Waals surface area contributed by atoms with E-state index in [0.717, 1.165) is 0 Å². The van der Waals surface area contributed by atoms with Gasteiger partial charge in [-0.25, -0.2) is 9.78 Å². The second-order valence-corrected chi connectivity index (χ2v) is 2.49. The summed E-state index contributed by atoms with van der Waals surface area (Å²) in [6.45, 7) is 2.01. The number of pyridine rings is 1. The molecule has 0 radical (unpaired) electrons. The summed E-state index contributed by atoms with van der Waals surface area (Å²) in [6, 6.07) is 1.56. The Bertz CT molecular complexity index is 339. The molecule has 1 rings (SSSR count). The Kier molecular flexibility index (Phi) is 3.28. The summed E-state index contributed by atoms with van der Waals surface area (Å²) in [7, 11) is 1.46. The Balaban J connectivity index is 3.10. The zero-order valence-corrected chi connectivity index (χ0v) is 8.11. The van der Waals surface area contributed by atoms with Gasteiger partial charge in [0.1, 0.15) is 17.1 Å². The molecule has 0 saturated heterocycles. The van der Waals surface area contributed by atoms with Crippen molar-refractivity contribution >= 4 is 11.8 Å². The largest absolute Gasteiger partial charge is 0.496 e. The number of esters is 1. The zero-order chi connectivity index (χ0) is 10.6. The lowest BCUT2D eigenvalue weighted by Crippen LogP contribution is -2.11. The highest BCUT2D eigenvalue weighted by Gasteiger charge is 2.17. The molecule has 0 bridgehead atoms. The molecule has 0 saturated carbocycles. The van der Waals surface area contributed by atoms with Crippen molar-refractivity contribution in [3.8, 4) is 5.75 Å². The molecular formula is C9H12N2O3. The predicted octanol–water partition coefficient (Wildman–Crippen LogP) is 0.849. The van der Waals surface area contributed by atoms with Crippen molar-refractivity contribution < 1.29 is 14.3 Å². The molecule has 1 aromatic rings. The topological polar surface area (TPSA) is 74.4 Å². The summed E-state index contributed by atoms with van der Waals surface area (Å²) in [4.78, 5) is 15.2. The van der Waals surface area contributed by atoms with Crippen LogP contribution < -0.4 is 10.5 Å². The van der Waals surface area contributed by atoms with Crippen molar-refractivity contribution in [3.63, 3.8) is 0 Å². The van der Waals surface area contributed by atoms with E-state index in [1.807, 2.05) is 0 Å². The lowest BCUT2D eigenvalue weighted by Gasteiger charge is -2.08. The van der Waals surface area contributed by atoms with Gasteiger partial charge in [-0.3, -0.25) is 0 Å². The second kappa shape index (κ2) is 4.45. The Labute approximate surface area is 81.8 Å². The van der Waals surface area contributed by atoms with Crippen LogP contribution in [0, 0.1) is 0 Å². The van der Waals surface area contributed by atoms with Crippen molar-refractivity contribution in [3.05, 3.63) is 17.8 Å². The smallest absolute Gasteiger partial charge is 0.345 e. The lowest BCUT2D eigenvalue weighted by molar-refractivity contribution is 0.0523. The number of nitrogen functional groups attached to an aromatic ring is 1. The molecule has 5 heteroatoms. The van der Waals surface area contributed by atoms with E-state index >= 15 is 0 Å². The van der Waals surface area contributed by atoms with Gasteiger partial charge in [0, 0.05) is 6.20 Å². The number of anilines is 1. The first kappa shape index (κ1) is 10.3. The molecule has 2 N–H and O–H groups in total. The van der Waals surface area contributed by atoms with Crippen molar-refractivity contribution in [1.82, 2.24) is 4.98 Å². The van der Waals surface area contributed by atoms with Gasteiger partial charge in [-0.1, -0.05) is 0 Å². The van der Waals surface area contributed by atoms with Gasteiger partial charge in [0.05, 0.1) is 13.7 Å². The number of ether oxygens (including phenoxy) is 2. The van der Waals surface area contributed by atoms with Crippen molar-refractivity contribution in [2.75, 3.05) is 19.5 Å². The van der Waals surface area contributed by atoms with Crippen LogP contribution in [0.3, 0.4) is 0 Å². The van der Waals surface area contributed by atoms with Gasteiger partial charge < -0.3 is 15.2 Å². The van der Waals surface area contributed by atoms with Crippen molar-refractivity contribution in [2.45, 2.75) is 6.92 Å². The maximum Gasteiger partial charge on any atom is 0.345 e. The molecule has 0 aliphatic carbocycles. The summed E-state index contributed by atoms with van der Waals surface area (Å²) in [6.07, 6.45) is 1.47. The van der Waals surface area contributed by atoms with Crippen LogP contribution in [0.25, 0.3) is 0 Å². The monoisotopic (exact) mass is 196 g/mol. The number of aromatic nitrogens is 1. The third kappa shape index (κ3) is 1.93. The van der Waals surface area contributed by atoms with E-state index in [9.17, 15) is 4.79 Å². The number of nitrogens with two attached hydrogens (primary N) is 1. The predicted molar refractivity (Wildman–Crippen MR) is 51.2 cm³/mol. The van der Waals surface area contributed by atoms with E-state index in [1.54, 1.807) is 13.0 Å². The molecule has 0 atom stereocenters. The minimum atomic E-state index is -0.519. The van der Waals surface area contributed by atoms with Gasteiger partial charge in [0.15, 0.2) is 0 Å². The highest BCUT2D eigenvalue weighted by Crippen LogP contribution is 2.22. The molecule has 0 fully saturated rings. The lowest BCUT2D eigenvalue weighted by atomic mass is 10.2. The van der Waals surface area contributed by atoms with Crippen LogP contribution in [-0.2, 0) is 4.74 Å². The Morgan fingerprint density at radius 2 is 2.36 bits per heavy atom. The molecule has 0 aliphatic heterocycles. The Morgan fingerprint density at radius 3 is 2.93 bits per heavy atom. The summed E-state index contributed by atoms with van der Waals surface area (Å²) < 4.78 is 9.79. The van der Waals surface area contributed by atoms with Gasteiger partial charge in [0.2, 0.25) is 0 Å². The fourth-order valence-corrected chi connectivity index (χ4v) is 1.04. The van der Waals surface area contributed by atoms with Gasteiger partial charge >= 0.3 is 5.97 Å². The molecule has 1 heterocycles. The molecule has 0 spiro atoms. The minimum absolute atomic E-state index is 0.114. The van der Waals surface area contributed by atoms with E-state index in [0.29, 0.717) is 5.75 Å². The Morgan fingerprint density at radius 1 is 1.64 bits per heavy atom. The van der Waals surface area contributed by atoms with Crippen LogP contribution in [0.4, 0.5) is 5.82 Å². The summed E-state index contributed by atoms with van der Waals surface area (Å²) in [5.74, 6) is -0.0336. The molecule has 0 amide bonds. The molecule has 1 aromatic heterocycles. The van der Waals surface area contributed by atoms with Gasteiger partial charge in [-0.05, 0) is 13.0 Å². The standard InChI is InChI=1S/C9H12N2O3/c1-3-14-9(12)7-6(13-2)4-5-11-8(7)10/h4-5H,3H2,1-2H3,(H2,10,11). The number of nitrogens with zero attached hydrogens (tertiary/aromatic N) is 1.